The highest BCUT2D eigenvalue weighted by molar-refractivity contribution is 5.50. The molecule has 90 valence electrons. The fourth-order valence-corrected chi connectivity index (χ4v) is 4.31. The minimum absolute atomic E-state index is 0.0126. The average Bonchev–Trinajstić information content (AvgIpc) is 3.03. The zero-order chi connectivity index (χ0) is 13.8. The molecule has 3 rings (SSSR count). The van der Waals surface area contributed by atoms with Gasteiger partial charge in [-0.1, -0.05) is 23.8 Å². The molecule has 0 saturated heterocycles. The van der Waals surface area contributed by atoms with E-state index in [1.807, 2.05) is 43.4 Å². The number of allylic oxidation sites excluding steroid dienone is 4. The molecule has 0 N–H and O–H groups in total. The molecule has 3 aliphatic carbocycles. The molecule has 0 bridgehead atoms. The summed E-state index contributed by atoms with van der Waals surface area (Å²) in [6.07, 6.45) is 5.92. The topological polar surface area (TPSA) is 95.2 Å². The molecule has 0 unspecified atom stereocenters. The van der Waals surface area contributed by atoms with E-state index in [1.54, 1.807) is 0 Å². The van der Waals surface area contributed by atoms with Gasteiger partial charge in [0, 0.05) is 11.8 Å². The van der Waals surface area contributed by atoms with E-state index in [1.165, 1.54) is 0 Å². The van der Waals surface area contributed by atoms with Gasteiger partial charge in [0.05, 0.1) is 24.3 Å². The van der Waals surface area contributed by atoms with Crippen molar-refractivity contribution in [1.82, 2.24) is 0 Å². The van der Waals surface area contributed by atoms with Gasteiger partial charge in [-0.05, 0) is 18.8 Å². The Kier molecular flexibility index (Phi) is 1.98. The maximum absolute atomic E-state index is 9.58. The highest BCUT2D eigenvalue weighted by Crippen LogP contribution is 2.69. The first-order valence-corrected chi connectivity index (χ1v) is 6.13. The second-order valence-corrected chi connectivity index (χ2v) is 5.52. The molecule has 4 heteroatoms. The molecule has 0 aromatic rings. The SMILES string of the molecule is CC1=C[C@@H]2C=C[C@@H]3[C@H]2[C@@H]1C(C#N)(C#N)C3(C#N)C#N. The van der Waals surface area contributed by atoms with Gasteiger partial charge in [-0.25, -0.2) is 0 Å². The Hall–Kier alpha value is -2.56. The van der Waals surface area contributed by atoms with Crippen molar-refractivity contribution in [2.24, 2.45) is 34.5 Å². The summed E-state index contributed by atoms with van der Waals surface area (Å²) in [6.45, 7) is 1.89. The monoisotopic (exact) mass is 246 g/mol. The van der Waals surface area contributed by atoms with Crippen LogP contribution in [0.1, 0.15) is 6.92 Å². The zero-order valence-corrected chi connectivity index (χ0v) is 10.3. The summed E-state index contributed by atoms with van der Waals surface area (Å²) in [5, 5.41) is 38.3. The van der Waals surface area contributed by atoms with Gasteiger partial charge in [-0.2, -0.15) is 21.0 Å². The normalized spacial score (nSPS) is 38.5. The lowest BCUT2D eigenvalue weighted by molar-refractivity contribution is 0.284. The molecule has 1 fully saturated rings. The van der Waals surface area contributed by atoms with Crippen LogP contribution in [0.5, 0.6) is 0 Å². The van der Waals surface area contributed by atoms with E-state index in [0.717, 1.165) is 5.57 Å². The van der Waals surface area contributed by atoms with Crippen molar-refractivity contribution in [2.75, 3.05) is 0 Å². The Morgan fingerprint density at radius 3 is 2.05 bits per heavy atom. The Labute approximate surface area is 111 Å². The molecule has 0 amide bonds. The van der Waals surface area contributed by atoms with Crippen LogP contribution in [0.25, 0.3) is 0 Å². The van der Waals surface area contributed by atoms with E-state index in [9.17, 15) is 21.0 Å². The fourth-order valence-electron chi connectivity index (χ4n) is 4.31. The number of nitrogens with zero attached hydrogens (tertiary/aromatic N) is 4. The van der Waals surface area contributed by atoms with Crippen LogP contribution in [0.3, 0.4) is 0 Å². The van der Waals surface area contributed by atoms with Crippen molar-refractivity contribution in [1.29, 1.82) is 21.0 Å². The maximum Gasteiger partial charge on any atom is 0.182 e. The number of hydrogen-bond donors (Lipinski definition) is 0. The molecule has 1 saturated carbocycles. The van der Waals surface area contributed by atoms with E-state index in [-0.39, 0.29) is 23.7 Å². The Bertz CT molecular complexity index is 658. The minimum Gasteiger partial charge on any atom is -0.196 e. The smallest absolute Gasteiger partial charge is 0.182 e. The molecule has 3 aliphatic rings. The summed E-state index contributed by atoms with van der Waals surface area (Å²) in [5.74, 6) is -0.476. The lowest BCUT2D eigenvalue weighted by atomic mass is 9.62. The summed E-state index contributed by atoms with van der Waals surface area (Å²) in [4.78, 5) is 0. The maximum atomic E-state index is 9.58. The fraction of sp³-hybridized carbons (Fsp3) is 0.467. The molecule has 4 atom stereocenters. The van der Waals surface area contributed by atoms with Gasteiger partial charge in [0.15, 0.2) is 10.8 Å². The highest BCUT2D eigenvalue weighted by atomic mass is 14.7. The Morgan fingerprint density at radius 2 is 1.53 bits per heavy atom. The summed E-state index contributed by atoms with van der Waals surface area (Å²) < 4.78 is 0. The van der Waals surface area contributed by atoms with Crippen LogP contribution in [0.2, 0.25) is 0 Å². The first kappa shape index (κ1) is 11.5. The lowest BCUT2D eigenvalue weighted by Gasteiger charge is -2.29. The molecule has 0 radical (unpaired) electrons. The van der Waals surface area contributed by atoms with Gasteiger partial charge < -0.3 is 0 Å². The second kappa shape index (κ2) is 3.26. The number of hydrogen-bond acceptors (Lipinski definition) is 4. The average molecular weight is 246 g/mol. The molecular formula is C15H10N4. The van der Waals surface area contributed by atoms with Crippen molar-refractivity contribution in [2.45, 2.75) is 6.92 Å². The van der Waals surface area contributed by atoms with E-state index in [4.69, 9.17) is 0 Å². The highest BCUT2D eigenvalue weighted by Gasteiger charge is 2.74. The van der Waals surface area contributed by atoms with Crippen LogP contribution < -0.4 is 0 Å². The van der Waals surface area contributed by atoms with Crippen LogP contribution in [-0.4, -0.2) is 0 Å². The van der Waals surface area contributed by atoms with Crippen LogP contribution in [0, 0.1) is 79.8 Å². The van der Waals surface area contributed by atoms with Crippen LogP contribution in [0.4, 0.5) is 0 Å². The van der Waals surface area contributed by atoms with Gasteiger partial charge in [0.25, 0.3) is 0 Å². The van der Waals surface area contributed by atoms with Crippen LogP contribution >= 0.6 is 0 Å². The third-order valence-electron chi connectivity index (χ3n) is 5.02. The third kappa shape index (κ3) is 0.907. The molecule has 0 aromatic heterocycles. The zero-order valence-electron chi connectivity index (χ0n) is 10.3. The Balaban J connectivity index is 2.36. The van der Waals surface area contributed by atoms with Gasteiger partial charge >= 0.3 is 0 Å². The standard InChI is InChI=1S/C15H10N4/c1-9-4-10-2-3-11-12(10)13(9)15(7-18,8-19)14(11,5-16)6-17/h2-4,10-13H,1H3/t10-,11+,12-,13+/m0/s1. The molecule has 0 spiro atoms. The molecule has 0 heterocycles. The molecule has 4 nitrogen and oxygen atoms in total. The first-order valence-electron chi connectivity index (χ1n) is 6.13. The summed E-state index contributed by atoms with van der Waals surface area (Å²) in [6, 6.07) is 8.08. The third-order valence-corrected chi connectivity index (χ3v) is 5.02. The van der Waals surface area contributed by atoms with Crippen molar-refractivity contribution < 1.29 is 0 Å². The summed E-state index contributed by atoms with van der Waals surface area (Å²) in [5.41, 5.74) is -2.17. The summed E-state index contributed by atoms with van der Waals surface area (Å²) >= 11 is 0. The minimum atomic E-state index is -1.56. The first-order chi connectivity index (χ1) is 9.11. The van der Waals surface area contributed by atoms with E-state index < -0.39 is 10.8 Å². The Morgan fingerprint density at radius 1 is 0.947 bits per heavy atom. The second-order valence-electron chi connectivity index (χ2n) is 5.52. The van der Waals surface area contributed by atoms with E-state index in [2.05, 4.69) is 6.08 Å². The van der Waals surface area contributed by atoms with Gasteiger partial charge in [-0.3, -0.25) is 0 Å². The molecule has 19 heavy (non-hydrogen) atoms. The van der Waals surface area contributed by atoms with Gasteiger partial charge in [-0.15, -0.1) is 0 Å². The molecular weight excluding hydrogens is 236 g/mol. The van der Waals surface area contributed by atoms with Gasteiger partial charge in [0.1, 0.15) is 0 Å². The predicted octanol–water partition coefficient (Wildman–Crippen LogP) is 2.06. The quantitative estimate of drug-likeness (QED) is 0.611. The van der Waals surface area contributed by atoms with Crippen LogP contribution in [-0.2, 0) is 0 Å². The van der Waals surface area contributed by atoms with Crippen molar-refractivity contribution in [3.63, 3.8) is 0 Å². The number of nitriles is 4. The van der Waals surface area contributed by atoms with Crippen LogP contribution in [0.15, 0.2) is 23.8 Å². The van der Waals surface area contributed by atoms with Crippen molar-refractivity contribution in [3.8, 4) is 24.3 Å². The largest absolute Gasteiger partial charge is 0.196 e. The number of rotatable bonds is 0. The predicted molar refractivity (Wildman–Crippen MR) is 64.2 cm³/mol. The molecule has 0 aromatic carbocycles. The molecule has 0 aliphatic heterocycles. The van der Waals surface area contributed by atoms with E-state index in [0.29, 0.717) is 0 Å². The van der Waals surface area contributed by atoms with Gasteiger partial charge in [0.2, 0.25) is 0 Å². The van der Waals surface area contributed by atoms with Crippen molar-refractivity contribution >= 4 is 0 Å². The lowest BCUT2D eigenvalue weighted by Crippen LogP contribution is -2.40. The van der Waals surface area contributed by atoms with E-state index >= 15 is 0 Å². The summed E-state index contributed by atoms with van der Waals surface area (Å²) in [7, 11) is 0. The van der Waals surface area contributed by atoms with Crippen molar-refractivity contribution in [3.05, 3.63) is 23.8 Å².